The Morgan fingerprint density at radius 1 is 0.867 bits per heavy atom. The van der Waals surface area contributed by atoms with Crippen LogP contribution in [0.15, 0.2) is 63.7 Å². The molecule has 4 heteroatoms. The summed E-state index contributed by atoms with van der Waals surface area (Å²) in [5, 5.41) is 2.93. The maximum atomic E-state index is 7.83. The fraction of sp³-hybridized carbons (Fsp3) is 0.154. The van der Waals surface area contributed by atoms with Gasteiger partial charge >= 0.3 is 0 Å². The van der Waals surface area contributed by atoms with E-state index in [-0.39, 0.29) is 0 Å². The molecule has 6 aromatic rings. The van der Waals surface area contributed by atoms with Gasteiger partial charge in [-0.2, -0.15) is 0 Å². The lowest BCUT2D eigenvalue weighted by molar-refractivity contribution is -0.660. The summed E-state index contributed by atoms with van der Waals surface area (Å²) >= 11 is 0. The number of aryl methyl sites for hydroxylation is 4. The van der Waals surface area contributed by atoms with Crippen LogP contribution in [0.25, 0.3) is 55.3 Å². The third-order valence-corrected chi connectivity index (χ3v) is 5.91. The van der Waals surface area contributed by atoms with Gasteiger partial charge in [0.2, 0.25) is 5.69 Å². The van der Waals surface area contributed by atoms with Crippen molar-refractivity contribution < 1.29 is 17.5 Å². The predicted octanol–water partition coefficient (Wildman–Crippen LogP) is 6.30. The van der Waals surface area contributed by atoms with Crippen LogP contribution in [0.1, 0.15) is 20.8 Å². The molecule has 0 radical (unpaired) electrons. The molecule has 30 heavy (non-hydrogen) atoms. The molecule has 4 aromatic heterocycles. The first-order valence-corrected chi connectivity index (χ1v) is 9.86. The minimum atomic E-state index is -2.17. The molecule has 2 aromatic carbocycles. The van der Waals surface area contributed by atoms with Crippen molar-refractivity contribution in [2.24, 2.45) is 7.05 Å². The summed E-state index contributed by atoms with van der Waals surface area (Å²) in [6.07, 6.45) is 3.52. The maximum Gasteiger partial charge on any atom is 0.216 e. The Kier molecular flexibility index (Phi) is 2.83. The number of rotatable bonds is 1. The number of fused-ring (bicyclic) bond motifs is 6. The summed E-state index contributed by atoms with van der Waals surface area (Å²) in [5.41, 5.74) is 7.59. The van der Waals surface area contributed by atoms with E-state index < -0.39 is 6.85 Å². The molecule has 0 aliphatic heterocycles. The molecule has 4 nitrogen and oxygen atoms in total. The molecule has 0 aliphatic rings. The molecule has 0 atom stereocenters. The Morgan fingerprint density at radius 2 is 1.67 bits per heavy atom. The number of para-hydroxylation sites is 1. The second-order valence-corrected chi connectivity index (χ2v) is 7.91. The first-order valence-electron chi connectivity index (χ1n) is 11.4. The maximum absolute atomic E-state index is 7.83. The third-order valence-electron chi connectivity index (χ3n) is 5.91. The van der Waals surface area contributed by atoms with Gasteiger partial charge in [0, 0.05) is 32.7 Å². The largest absolute Gasteiger partial charge is 0.456 e. The summed E-state index contributed by atoms with van der Waals surface area (Å²) in [5.74, 6) is 0. The Hall–Kier alpha value is -3.66. The highest BCUT2D eigenvalue weighted by Crippen LogP contribution is 2.39. The number of pyridine rings is 2. The van der Waals surface area contributed by atoms with Crippen LogP contribution in [0.5, 0.6) is 0 Å². The summed E-state index contributed by atoms with van der Waals surface area (Å²) in [7, 11) is 1.86. The topological polar surface area (TPSA) is 43.0 Å². The second kappa shape index (κ2) is 5.92. The van der Waals surface area contributed by atoms with Crippen LogP contribution in [-0.4, -0.2) is 4.98 Å². The Bertz CT molecular complexity index is 1740. The first-order chi connectivity index (χ1) is 15.7. The van der Waals surface area contributed by atoms with Gasteiger partial charge in [-0.25, -0.2) is 4.57 Å². The summed E-state index contributed by atoms with van der Waals surface area (Å²) in [6.45, 7) is 1.65. The third kappa shape index (κ3) is 2.28. The molecule has 6 rings (SSSR count). The van der Waals surface area contributed by atoms with E-state index in [0.29, 0.717) is 16.7 Å². The van der Waals surface area contributed by atoms with Crippen molar-refractivity contribution in [3.63, 3.8) is 0 Å². The van der Waals surface area contributed by atoms with Gasteiger partial charge in [0.1, 0.15) is 29.3 Å². The zero-order chi connectivity index (χ0) is 23.1. The van der Waals surface area contributed by atoms with Crippen LogP contribution >= 0.6 is 0 Å². The van der Waals surface area contributed by atoms with Crippen LogP contribution in [-0.2, 0) is 7.05 Å². The highest BCUT2D eigenvalue weighted by molar-refractivity contribution is 6.15. The van der Waals surface area contributed by atoms with Gasteiger partial charge in [0.25, 0.3) is 0 Å². The lowest BCUT2D eigenvalue weighted by Gasteiger charge is -2.07. The van der Waals surface area contributed by atoms with Crippen LogP contribution in [0.2, 0.25) is 0 Å². The van der Waals surface area contributed by atoms with E-state index in [0.717, 1.165) is 55.2 Å². The van der Waals surface area contributed by atoms with E-state index in [2.05, 4.69) is 0 Å². The number of nitrogens with zero attached hydrogens (tertiary/aromatic N) is 2. The van der Waals surface area contributed by atoms with Gasteiger partial charge in [0.15, 0.2) is 11.8 Å². The van der Waals surface area contributed by atoms with E-state index in [4.69, 9.17) is 17.9 Å². The molecule has 0 saturated heterocycles. The Morgan fingerprint density at radius 3 is 2.53 bits per heavy atom. The minimum Gasteiger partial charge on any atom is -0.456 e. The Labute approximate surface area is 177 Å². The molecule has 0 saturated carbocycles. The van der Waals surface area contributed by atoms with Crippen LogP contribution in [0.3, 0.4) is 0 Å². The van der Waals surface area contributed by atoms with Crippen molar-refractivity contribution in [1.82, 2.24) is 4.98 Å². The van der Waals surface area contributed by atoms with Crippen molar-refractivity contribution in [3.8, 4) is 11.3 Å². The minimum absolute atomic E-state index is 0.341. The fourth-order valence-corrected chi connectivity index (χ4v) is 4.32. The molecule has 0 N–H and O–H groups in total. The summed E-state index contributed by atoms with van der Waals surface area (Å²) in [6, 6.07) is 13.9. The van der Waals surface area contributed by atoms with Gasteiger partial charge < -0.3 is 8.83 Å². The van der Waals surface area contributed by atoms with Gasteiger partial charge in [0.05, 0.1) is 10.9 Å². The SMILES string of the molecule is [2H]C([2H])([2H])c1c[n+](C)c(-c2c(C)cnc3c2oc2cc4c(cc23)oc2ccccc24)cc1C. The zero-order valence-electron chi connectivity index (χ0n) is 19.9. The van der Waals surface area contributed by atoms with Gasteiger partial charge in [-0.15, -0.1) is 0 Å². The van der Waals surface area contributed by atoms with Crippen molar-refractivity contribution >= 4 is 44.0 Å². The summed E-state index contributed by atoms with van der Waals surface area (Å²) in [4.78, 5) is 4.69. The van der Waals surface area contributed by atoms with Crippen molar-refractivity contribution in [3.05, 3.63) is 71.5 Å². The lowest BCUT2D eigenvalue weighted by atomic mass is 10.0. The van der Waals surface area contributed by atoms with E-state index >= 15 is 0 Å². The lowest BCUT2D eigenvalue weighted by Crippen LogP contribution is -2.31. The van der Waals surface area contributed by atoms with Crippen LogP contribution in [0.4, 0.5) is 0 Å². The number of hydrogen-bond acceptors (Lipinski definition) is 3. The zero-order valence-corrected chi connectivity index (χ0v) is 16.9. The Balaban J connectivity index is 1.66. The van der Waals surface area contributed by atoms with E-state index in [9.17, 15) is 0 Å². The van der Waals surface area contributed by atoms with Gasteiger partial charge in [-0.3, -0.25) is 4.98 Å². The monoisotopic (exact) mass is 396 g/mol. The molecule has 146 valence electrons. The molecular formula is C26H21N2O2+. The van der Waals surface area contributed by atoms with Crippen molar-refractivity contribution in [2.75, 3.05) is 0 Å². The average molecular weight is 396 g/mol. The van der Waals surface area contributed by atoms with E-state index in [1.165, 1.54) is 0 Å². The number of furan rings is 2. The molecule has 0 aliphatic carbocycles. The van der Waals surface area contributed by atoms with E-state index in [1.807, 2.05) is 74.1 Å². The summed E-state index contributed by atoms with van der Waals surface area (Å²) < 4.78 is 37.8. The van der Waals surface area contributed by atoms with Crippen molar-refractivity contribution in [2.45, 2.75) is 20.7 Å². The van der Waals surface area contributed by atoms with Gasteiger partial charge in [-0.05, 0) is 50.0 Å². The predicted molar refractivity (Wildman–Crippen MR) is 120 cm³/mol. The second-order valence-electron chi connectivity index (χ2n) is 7.91. The first kappa shape index (κ1) is 14.3. The highest BCUT2D eigenvalue weighted by atomic mass is 16.3. The smallest absolute Gasteiger partial charge is 0.216 e. The average Bonchev–Trinajstić information content (AvgIpc) is 3.30. The van der Waals surface area contributed by atoms with Crippen LogP contribution in [0, 0.1) is 20.7 Å². The molecule has 0 fully saturated rings. The fourth-order valence-electron chi connectivity index (χ4n) is 4.32. The van der Waals surface area contributed by atoms with Gasteiger partial charge in [-0.1, -0.05) is 18.2 Å². The quantitative estimate of drug-likeness (QED) is 0.306. The standard InChI is InChI=1S/C26H21N2O2/c1-14-9-20(28(4)13-16(14)3)24-15(2)12-27-25-19-11-22-18(10-23(19)30-26(24)25)17-7-5-6-8-21(17)29-22/h5-13H,1-4H3/q+1/i3D3. The molecule has 4 heterocycles. The van der Waals surface area contributed by atoms with Crippen molar-refractivity contribution in [1.29, 1.82) is 0 Å². The number of aromatic nitrogens is 2. The normalized spacial score (nSPS) is 13.9. The molecule has 0 spiro atoms. The number of benzene rings is 2. The molecular weight excluding hydrogens is 372 g/mol. The highest BCUT2D eigenvalue weighted by Gasteiger charge is 2.23. The van der Waals surface area contributed by atoms with E-state index in [1.54, 1.807) is 6.20 Å². The number of hydrogen-bond donors (Lipinski definition) is 0. The molecule has 0 unspecified atom stereocenters. The molecule has 0 bridgehead atoms. The van der Waals surface area contributed by atoms with Crippen LogP contribution < -0.4 is 4.57 Å². The molecule has 0 amide bonds.